The molecule has 3 aromatic rings. The molecule has 0 radical (unpaired) electrons. The zero-order valence-corrected chi connectivity index (χ0v) is 20.0. The number of ether oxygens (including phenoxy) is 1. The highest BCUT2D eigenvalue weighted by atomic mass is 16.5. The van der Waals surface area contributed by atoms with E-state index in [2.05, 4.69) is 27.6 Å². The molecular formula is C27H30N4O3. The molecule has 1 aromatic heterocycles. The summed E-state index contributed by atoms with van der Waals surface area (Å²) in [5.74, 6) is 5.32. The van der Waals surface area contributed by atoms with Crippen molar-refractivity contribution in [2.24, 2.45) is 7.05 Å². The Bertz CT molecular complexity index is 1220. The van der Waals surface area contributed by atoms with E-state index in [0.29, 0.717) is 30.7 Å². The van der Waals surface area contributed by atoms with Crippen LogP contribution in [0.3, 0.4) is 0 Å². The molecule has 3 rings (SSSR count). The first-order chi connectivity index (χ1) is 16.4. The number of nitrogens with one attached hydrogen (secondary N) is 2. The number of hydrogen-bond acceptors (Lipinski definition) is 4. The highest BCUT2D eigenvalue weighted by Crippen LogP contribution is 2.29. The number of nitrogens with zero attached hydrogens (tertiary/aromatic N) is 2. The third-order valence-electron chi connectivity index (χ3n) is 5.46. The van der Waals surface area contributed by atoms with Crippen molar-refractivity contribution >= 4 is 11.8 Å². The molecule has 7 nitrogen and oxygen atoms in total. The fourth-order valence-corrected chi connectivity index (χ4v) is 3.68. The number of benzene rings is 2. The highest BCUT2D eigenvalue weighted by molar-refractivity contribution is 5.96. The first-order valence-corrected chi connectivity index (χ1v) is 11.2. The largest absolute Gasteiger partial charge is 0.497 e. The Morgan fingerprint density at radius 1 is 1.18 bits per heavy atom. The van der Waals surface area contributed by atoms with E-state index in [1.54, 1.807) is 24.9 Å². The van der Waals surface area contributed by atoms with Crippen LogP contribution in [0.2, 0.25) is 0 Å². The van der Waals surface area contributed by atoms with Gasteiger partial charge in [0.1, 0.15) is 5.75 Å². The Balaban J connectivity index is 1.71. The summed E-state index contributed by atoms with van der Waals surface area (Å²) in [6.07, 6.45) is 5.12. The van der Waals surface area contributed by atoms with Gasteiger partial charge in [-0.25, -0.2) is 0 Å². The van der Waals surface area contributed by atoms with Crippen LogP contribution in [0, 0.1) is 11.8 Å². The van der Waals surface area contributed by atoms with Crippen LogP contribution < -0.4 is 15.4 Å². The summed E-state index contributed by atoms with van der Waals surface area (Å²) in [5, 5.41) is 10.1. The lowest BCUT2D eigenvalue weighted by Crippen LogP contribution is -2.28. The van der Waals surface area contributed by atoms with Gasteiger partial charge in [0.2, 0.25) is 0 Å². The topological polar surface area (TPSA) is 85.2 Å². The van der Waals surface area contributed by atoms with Crippen LogP contribution in [0.25, 0.3) is 11.1 Å². The van der Waals surface area contributed by atoms with Crippen molar-refractivity contribution in [1.29, 1.82) is 0 Å². The molecule has 0 spiro atoms. The summed E-state index contributed by atoms with van der Waals surface area (Å²) in [7, 11) is 3.50. The van der Waals surface area contributed by atoms with E-state index in [1.807, 2.05) is 62.6 Å². The Morgan fingerprint density at radius 3 is 2.68 bits per heavy atom. The van der Waals surface area contributed by atoms with Crippen molar-refractivity contribution in [2.75, 3.05) is 13.7 Å². The summed E-state index contributed by atoms with van der Waals surface area (Å²) < 4.78 is 7.24. The predicted molar refractivity (Wildman–Crippen MR) is 132 cm³/mol. The molecule has 0 saturated carbocycles. The number of aromatic nitrogens is 2. The van der Waals surface area contributed by atoms with Crippen LogP contribution >= 0.6 is 0 Å². The molecule has 1 heterocycles. The molecule has 2 N–H and O–H groups in total. The fraction of sp³-hybridized carbons (Fsp3) is 0.296. The Labute approximate surface area is 200 Å². The van der Waals surface area contributed by atoms with Crippen molar-refractivity contribution in [2.45, 2.75) is 32.7 Å². The zero-order valence-electron chi connectivity index (χ0n) is 20.0. The maximum atomic E-state index is 13.1. The lowest BCUT2D eigenvalue weighted by molar-refractivity contribution is -0.115. The minimum Gasteiger partial charge on any atom is -0.497 e. The third kappa shape index (κ3) is 6.48. The van der Waals surface area contributed by atoms with Crippen LogP contribution in [0.4, 0.5) is 0 Å². The van der Waals surface area contributed by atoms with E-state index in [0.717, 1.165) is 22.3 Å². The second-order valence-corrected chi connectivity index (χ2v) is 7.98. The number of amides is 2. The normalized spacial score (nSPS) is 11.2. The Kier molecular flexibility index (Phi) is 8.47. The molecule has 1 atom stereocenters. The molecule has 2 amide bonds. The molecule has 0 unspecified atom stereocenters. The van der Waals surface area contributed by atoms with Crippen molar-refractivity contribution in [3.8, 4) is 28.7 Å². The van der Waals surface area contributed by atoms with E-state index in [4.69, 9.17) is 4.74 Å². The van der Waals surface area contributed by atoms with Gasteiger partial charge >= 0.3 is 0 Å². The number of methoxy groups -OCH3 is 1. The molecule has 0 aliphatic carbocycles. The van der Waals surface area contributed by atoms with Gasteiger partial charge in [0.05, 0.1) is 19.3 Å². The van der Waals surface area contributed by atoms with Gasteiger partial charge in [0.25, 0.3) is 11.8 Å². The van der Waals surface area contributed by atoms with Crippen LogP contribution in [-0.4, -0.2) is 35.2 Å². The Hall–Kier alpha value is -4.05. The van der Waals surface area contributed by atoms with Crippen molar-refractivity contribution in [3.05, 3.63) is 71.5 Å². The van der Waals surface area contributed by atoms with Gasteiger partial charge in [-0.3, -0.25) is 14.3 Å². The number of carbonyl (C=O) groups excluding carboxylic acids is 2. The number of carbonyl (C=O) groups is 2. The van der Waals surface area contributed by atoms with E-state index in [9.17, 15) is 9.59 Å². The van der Waals surface area contributed by atoms with Gasteiger partial charge in [-0.2, -0.15) is 5.10 Å². The van der Waals surface area contributed by atoms with Crippen molar-refractivity contribution in [1.82, 2.24) is 20.4 Å². The molecule has 0 aliphatic heterocycles. The minimum atomic E-state index is -0.286. The molecule has 0 saturated heterocycles. The molecule has 0 bridgehead atoms. The summed E-state index contributed by atoms with van der Waals surface area (Å²) in [6.45, 7) is 4.08. The predicted octanol–water partition coefficient (Wildman–Crippen LogP) is 3.66. The summed E-state index contributed by atoms with van der Waals surface area (Å²) >= 11 is 0. The third-order valence-corrected chi connectivity index (χ3v) is 5.46. The molecule has 2 aromatic carbocycles. The number of hydrogen-bond donors (Lipinski definition) is 2. The van der Waals surface area contributed by atoms with Crippen molar-refractivity contribution < 1.29 is 14.3 Å². The number of aryl methyl sites for hydroxylation is 2. The second kappa shape index (κ2) is 11.7. The summed E-state index contributed by atoms with van der Waals surface area (Å²) in [4.78, 5) is 24.6. The van der Waals surface area contributed by atoms with Crippen LogP contribution in [-0.2, 0) is 18.3 Å². The average Bonchev–Trinajstić information content (AvgIpc) is 3.28. The van der Waals surface area contributed by atoms with Crippen LogP contribution in [0.5, 0.6) is 5.75 Å². The van der Waals surface area contributed by atoms with E-state index < -0.39 is 0 Å². The maximum absolute atomic E-state index is 13.1. The molecule has 176 valence electrons. The van der Waals surface area contributed by atoms with Gasteiger partial charge in [-0.1, -0.05) is 24.1 Å². The van der Waals surface area contributed by atoms with Gasteiger partial charge in [0, 0.05) is 30.9 Å². The molecular weight excluding hydrogens is 428 g/mol. The first kappa shape index (κ1) is 24.6. The Morgan fingerprint density at radius 2 is 1.97 bits per heavy atom. The molecule has 0 fully saturated rings. The number of rotatable bonds is 9. The monoisotopic (exact) mass is 458 g/mol. The van der Waals surface area contributed by atoms with E-state index >= 15 is 0 Å². The van der Waals surface area contributed by atoms with Gasteiger partial charge in [0.15, 0.2) is 0 Å². The standard InChI is InChI=1S/C27H30N4O3/c1-5-9-26(32)28-13-8-11-20-10-6-7-12-25(20)27(33)30-19(2)21-14-22(16-24(15-21)34-4)23-17-29-31(3)18-23/h6-7,10,12,14-19H,8,11,13H2,1-4H3,(H,28,32)(H,30,33)/t19-/m1/s1. The van der Waals surface area contributed by atoms with E-state index in [-0.39, 0.29) is 17.9 Å². The minimum absolute atomic E-state index is 0.144. The van der Waals surface area contributed by atoms with E-state index in [1.165, 1.54) is 0 Å². The zero-order chi connectivity index (χ0) is 24.5. The van der Waals surface area contributed by atoms with Crippen LogP contribution in [0.15, 0.2) is 54.9 Å². The fourth-order valence-electron chi connectivity index (χ4n) is 3.68. The quantitative estimate of drug-likeness (QED) is 0.379. The lowest BCUT2D eigenvalue weighted by atomic mass is 9.99. The molecule has 0 aliphatic rings. The first-order valence-electron chi connectivity index (χ1n) is 11.2. The summed E-state index contributed by atoms with van der Waals surface area (Å²) in [6, 6.07) is 13.2. The molecule has 34 heavy (non-hydrogen) atoms. The molecule has 7 heteroatoms. The highest BCUT2D eigenvalue weighted by Gasteiger charge is 2.16. The SMILES string of the molecule is CC#CC(=O)NCCCc1ccccc1C(=O)N[C@H](C)c1cc(OC)cc(-c2cnn(C)c2)c1. The van der Waals surface area contributed by atoms with Gasteiger partial charge < -0.3 is 15.4 Å². The maximum Gasteiger partial charge on any atom is 0.295 e. The average molecular weight is 459 g/mol. The lowest BCUT2D eigenvalue weighted by Gasteiger charge is -2.18. The van der Waals surface area contributed by atoms with Crippen molar-refractivity contribution in [3.63, 3.8) is 0 Å². The smallest absolute Gasteiger partial charge is 0.295 e. The van der Waals surface area contributed by atoms with Gasteiger partial charge in [-0.15, -0.1) is 0 Å². The van der Waals surface area contributed by atoms with Crippen LogP contribution in [0.1, 0.15) is 47.8 Å². The van der Waals surface area contributed by atoms with Gasteiger partial charge in [-0.05, 0) is 73.6 Å². The second-order valence-electron chi connectivity index (χ2n) is 7.98. The summed E-state index contributed by atoms with van der Waals surface area (Å²) in [5.41, 5.74) is 4.44.